The van der Waals surface area contributed by atoms with Gasteiger partial charge in [0.25, 0.3) is 0 Å². The number of hydrogen-bond acceptors (Lipinski definition) is 3. The molecule has 0 fully saturated rings. The largest absolute Gasteiger partial charge is 0.307 e. The van der Waals surface area contributed by atoms with Crippen LogP contribution >= 0.6 is 38.9 Å². The Hall–Kier alpha value is -0.420. The van der Waals surface area contributed by atoms with Gasteiger partial charge in [0.2, 0.25) is 0 Å². The van der Waals surface area contributed by atoms with Gasteiger partial charge in [-0.1, -0.05) is 17.7 Å². The van der Waals surface area contributed by atoms with E-state index in [9.17, 15) is 0 Å². The molecular formula is C12H12BrClN2S. The van der Waals surface area contributed by atoms with Crippen molar-refractivity contribution >= 4 is 38.9 Å². The molecule has 17 heavy (non-hydrogen) atoms. The van der Waals surface area contributed by atoms with Crippen LogP contribution in [0.2, 0.25) is 5.02 Å². The van der Waals surface area contributed by atoms with Crippen molar-refractivity contribution in [3.63, 3.8) is 0 Å². The lowest BCUT2D eigenvalue weighted by atomic mass is 10.2. The SMILES string of the molecule is Cc1nc(CNCc2ccc(Cl)c(Br)c2)cs1. The van der Waals surface area contributed by atoms with E-state index < -0.39 is 0 Å². The van der Waals surface area contributed by atoms with Crippen LogP contribution in [0.25, 0.3) is 0 Å². The summed E-state index contributed by atoms with van der Waals surface area (Å²) in [5, 5.41) is 7.29. The van der Waals surface area contributed by atoms with E-state index in [-0.39, 0.29) is 0 Å². The summed E-state index contributed by atoms with van der Waals surface area (Å²) in [5.41, 5.74) is 2.30. The van der Waals surface area contributed by atoms with Gasteiger partial charge in [0.15, 0.2) is 0 Å². The number of rotatable bonds is 4. The lowest BCUT2D eigenvalue weighted by Crippen LogP contribution is -2.12. The fourth-order valence-corrected chi connectivity index (χ4v) is 2.63. The minimum atomic E-state index is 0.740. The summed E-state index contributed by atoms with van der Waals surface area (Å²) < 4.78 is 0.933. The Bertz CT molecular complexity index is 513. The molecule has 0 atom stereocenters. The van der Waals surface area contributed by atoms with E-state index >= 15 is 0 Å². The maximum atomic E-state index is 5.94. The average Bonchev–Trinajstić information content (AvgIpc) is 2.70. The fourth-order valence-electron chi connectivity index (χ4n) is 1.47. The number of aromatic nitrogens is 1. The molecule has 5 heteroatoms. The highest BCUT2D eigenvalue weighted by molar-refractivity contribution is 9.10. The lowest BCUT2D eigenvalue weighted by Gasteiger charge is -2.04. The topological polar surface area (TPSA) is 24.9 Å². The van der Waals surface area contributed by atoms with E-state index in [4.69, 9.17) is 11.6 Å². The highest BCUT2D eigenvalue weighted by Crippen LogP contribution is 2.23. The van der Waals surface area contributed by atoms with Crippen LogP contribution in [-0.2, 0) is 13.1 Å². The number of nitrogens with zero attached hydrogens (tertiary/aromatic N) is 1. The molecule has 0 aliphatic carbocycles. The van der Waals surface area contributed by atoms with E-state index in [0.29, 0.717) is 0 Å². The van der Waals surface area contributed by atoms with Crippen LogP contribution in [0.3, 0.4) is 0 Å². The van der Waals surface area contributed by atoms with Gasteiger partial charge in [-0.15, -0.1) is 11.3 Å². The molecular weight excluding hydrogens is 320 g/mol. The summed E-state index contributed by atoms with van der Waals surface area (Å²) in [6.45, 7) is 3.63. The molecule has 1 aromatic carbocycles. The maximum absolute atomic E-state index is 5.94. The summed E-state index contributed by atoms with van der Waals surface area (Å²) in [6, 6.07) is 5.95. The second kappa shape index (κ2) is 5.96. The predicted octanol–water partition coefficient (Wildman–Crippen LogP) is 4.16. The van der Waals surface area contributed by atoms with Crippen molar-refractivity contribution in [3.05, 3.63) is 49.3 Å². The molecule has 0 bridgehead atoms. The summed E-state index contributed by atoms with van der Waals surface area (Å²) in [7, 11) is 0. The van der Waals surface area contributed by atoms with Crippen molar-refractivity contribution in [2.45, 2.75) is 20.0 Å². The van der Waals surface area contributed by atoms with Crippen LogP contribution in [0.15, 0.2) is 28.1 Å². The first-order chi connectivity index (χ1) is 8.15. The second-order valence-corrected chi connectivity index (χ2v) is 6.03. The third kappa shape index (κ3) is 3.78. The van der Waals surface area contributed by atoms with Crippen LogP contribution in [0, 0.1) is 6.92 Å². The quantitative estimate of drug-likeness (QED) is 0.910. The number of halogens is 2. The molecule has 0 radical (unpaired) electrons. The second-order valence-electron chi connectivity index (χ2n) is 3.71. The predicted molar refractivity (Wildman–Crippen MR) is 76.5 cm³/mol. The van der Waals surface area contributed by atoms with Gasteiger partial charge in [-0.2, -0.15) is 0 Å². The normalized spacial score (nSPS) is 10.8. The molecule has 0 spiro atoms. The van der Waals surface area contributed by atoms with Crippen LogP contribution in [0.5, 0.6) is 0 Å². The molecule has 0 amide bonds. The fraction of sp³-hybridized carbons (Fsp3) is 0.250. The van der Waals surface area contributed by atoms with E-state index in [1.54, 1.807) is 11.3 Å². The molecule has 0 saturated heterocycles. The van der Waals surface area contributed by atoms with Gasteiger partial charge in [-0.25, -0.2) is 4.98 Å². The van der Waals surface area contributed by atoms with Gasteiger partial charge in [0.1, 0.15) is 0 Å². The number of benzene rings is 1. The summed E-state index contributed by atoms with van der Waals surface area (Å²) in [4.78, 5) is 4.40. The first-order valence-corrected chi connectivity index (χ1v) is 7.26. The highest BCUT2D eigenvalue weighted by atomic mass is 79.9. The Kier molecular flexibility index (Phi) is 4.56. The lowest BCUT2D eigenvalue weighted by molar-refractivity contribution is 0.681. The van der Waals surface area contributed by atoms with Crippen molar-refractivity contribution in [3.8, 4) is 0 Å². The van der Waals surface area contributed by atoms with Crippen molar-refractivity contribution in [1.82, 2.24) is 10.3 Å². The zero-order valence-electron chi connectivity index (χ0n) is 9.34. The molecule has 2 aromatic rings. The maximum Gasteiger partial charge on any atom is 0.0897 e. The third-order valence-corrected chi connectivity index (χ3v) is 4.32. The number of nitrogens with one attached hydrogen (secondary N) is 1. The molecule has 1 aromatic heterocycles. The van der Waals surface area contributed by atoms with Gasteiger partial charge >= 0.3 is 0 Å². The molecule has 1 heterocycles. The van der Waals surface area contributed by atoms with Crippen LogP contribution in [0.4, 0.5) is 0 Å². The Labute approximate surface area is 118 Å². The molecule has 0 unspecified atom stereocenters. The molecule has 1 N–H and O–H groups in total. The van der Waals surface area contributed by atoms with Crippen LogP contribution < -0.4 is 5.32 Å². The zero-order chi connectivity index (χ0) is 12.3. The molecule has 0 saturated carbocycles. The molecule has 2 nitrogen and oxygen atoms in total. The summed E-state index contributed by atoms with van der Waals surface area (Å²) >= 11 is 11.0. The first kappa shape index (κ1) is 13.0. The number of thiazole rings is 1. The zero-order valence-corrected chi connectivity index (χ0v) is 12.5. The highest BCUT2D eigenvalue weighted by Gasteiger charge is 2.00. The van der Waals surface area contributed by atoms with Crippen molar-refractivity contribution < 1.29 is 0 Å². The van der Waals surface area contributed by atoms with E-state index in [1.807, 2.05) is 25.1 Å². The average molecular weight is 332 g/mol. The molecule has 2 rings (SSSR count). The Morgan fingerprint density at radius 3 is 2.88 bits per heavy atom. The Morgan fingerprint density at radius 1 is 1.41 bits per heavy atom. The third-order valence-electron chi connectivity index (χ3n) is 2.29. The van der Waals surface area contributed by atoms with Crippen LogP contribution in [0.1, 0.15) is 16.3 Å². The monoisotopic (exact) mass is 330 g/mol. The van der Waals surface area contributed by atoms with Gasteiger partial charge < -0.3 is 5.32 Å². The van der Waals surface area contributed by atoms with Crippen molar-refractivity contribution in [2.75, 3.05) is 0 Å². The molecule has 0 aliphatic heterocycles. The minimum absolute atomic E-state index is 0.740. The van der Waals surface area contributed by atoms with E-state index in [0.717, 1.165) is 33.3 Å². The minimum Gasteiger partial charge on any atom is -0.307 e. The van der Waals surface area contributed by atoms with Gasteiger partial charge in [0, 0.05) is 22.9 Å². The van der Waals surface area contributed by atoms with E-state index in [1.165, 1.54) is 5.56 Å². The van der Waals surface area contributed by atoms with Gasteiger partial charge in [0.05, 0.1) is 15.7 Å². The van der Waals surface area contributed by atoms with E-state index in [2.05, 4.69) is 31.6 Å². The Balaban J connectivity index is 1.87. The van der Waals surface area contributed by atoms with Gasteiger partial charge in [-0.3, -0.25) is 0 Å². The summed E-state index contributed by atoms with van der Waals surface area (Å²) in [6.07, 6.45) is 0. The molecule has 0 aliphatic rings. The summed E-state index contributed by atoms with van der Waals surface area (Å²) in [5.74, 6) is 0. The number of hydrogen-bond donors (Lipinski definition) is 1. The molecule has 90 valence electrons. The first-order valence-electron chi connectivity index (χ1n) is 5.21. The van der Waals surface area contributed by atoms with Crippen molar-refractivity contribution in [1.29, 1.82) is 0 Å². The number of aryl methyl sites for hydroxylation is 1. The standard InChI is InChI=1S/C12H12BrClN2S/c1-8-16-10(7-17-8)6-15-5-9-2-3-12(14)11(13)4-9/h2-4,7,15H,5-6H2,1H3. The smallest absolute Gasteiger partial charge is 0.0897 e. The van der Waals surface area contributed by atoms with Gasteiger partial charge in [-0.05, 0) is 40.5 Å². The van der Waals surface area contributed by atoms with Crippen molar-refractivity contribution in [2.24, 2.45) is 0 Å². The Morgan fingerprint density at radius 2 is 2.24 bits per heavy atom. The van der Waals surface area contributed by atoms with Crippen LogP contribution in [-0.4, -0.2) is 4.98 Å².